The van der Waals surface area contributed by atoms with Crippen molar-refractivity contribution >= 4 is 28.5 Å². The van der Waals surface area contributed by atoms with E-state index in [1.165, 1.54) is 5.56 Å². The van der Waals surface area contributed by atoms with E-state index in [1.807, 2.05) is 30.1 Å². The Kier molecular flexibility index (Phi) is 4.25. The van der Waals surface area contributed by atoms with Gasteiger partial charge < -0.3 is 10.3 Å². The van der Waals surface area contributed by atoms with Crippen molar-refractivity contribution in [1.82, 2.24) is 19.7 Å². The standard InChI is InChI=1S/C16H16ClN5O/c1-22-9-19-14-10(5-3-7-12(14)22)4-2-6-11-8-13(17)20-21-15(11)16(18)23/h3,5,7-9H,2,4,6H2,1H3,(H2,18,23). The number of aryl methyl sites for hydroxylation is 3. The van der Waals surface area contributed by atoms with Crippen LogP contribution in [-0.2, 0) is 19.9 Å². The third-order valence-electron chi connectivity index (χ3n) is 3.81. The van der Waals surface area contributed by atoms with Crippen molar-refractivity contribution in [2.45, 2.75) is 19.3 Å². The minimum atomic E-state index is -0.587. The van der Waals surface area contributed by atoms with Crippen molar-refractivity contribution in [3.63, 3.8) is 0 Å². The predicted molar refractivity (Wildman–Crippen MR) is 88.3 cm³/mol. The molecule has 3 rings (SSSR count). The Labute approximate surface area is 138 Å². The molecule has 2 heterocycles. The Morgan fingerprint density at radius 3 is 2.83 bits per heavy atom. The number of para-hydroxylation sites is 1. The van der Waals surface area contributed by atoms with E-state index in [0.717, 1.165) is 29.4 Å². The number of rotatable bonds is 5. The van der Waals surface area contributed by atoms with E-state index in [4.69, 9.17) is 17.3 Å². The van der Waals surface area contributed by atoms with Gasteiger partial charge in [-0.15, -0.1) is 10.2 Å². The summed E-state index contributed by atoms with van der Waals surface area (Å²) in [5.41, 5.74) is 9.53. The second-order valence-electron chi connectivity index (χ2n) is 5.40. The number of carbonyl (C=O) groups excluding carboxylic acids is 1. The maximum atomic E-state index is 11.4. The molecule has 3 aromatic rings. The predicted octanol–water partition coefficient (Wildman–Crippen LogP) is 2.29. The number of halogens is 1. The van der Waals surface area contributed by atoms with Gasteiger partial charge in [-0.1, -0.05) is 23.7 Å². The van der Waals surface area contributed by atoms with Gasteiger partial charge >= 0.3 is 0 Å². The van der Waals surface area contributed by atoms with Gasteiger partial charge in [0, 0.05) is 7.05 Å². The zero-order valence-corrected chi connectivity index (χ0v) is 13.4. The summed E-state index contributed by atoms with van der Waals surface area (Å²) in [6, 6.07) is 7.79. The summed E-state index contributed by atoms with van der Waals surface area (Å²) in [5.74, 6) is -0.587. The van der Waals surface area contributed by atoms with Gasteiger partial charge in [-0.2, -0.15) is 0 Å². The summed E-state index contributed by atoms with van der Waals surface area (Å²) in [4.78, 5) is 15.9. The summed E-state index contributed by atoms with van der Waals surface area (Å²) in [5, 5.41) is 7.72. The van der Waals surface area contributed by atoms with Crippen molar-refractivity contribution in [3.05, 3.63) is 52.6 Å². The van der Waals surface area contributed by atoms with Crippen molar-refractivity contribution in [1.29, 1.82) is 0 Å². The zero-order chi connectivity index (χ0) is 16.4. The molecule has 0 atom stereocenters. The van der Waals surface area contributed by atoms with Gasteiger partial charge in [-0.25, -0.2) is 4.98 Å². The Morgan fingerprint density at radius 2 is 2.04 bits per heavy atom. The average Bonchev–Trinajstić information content (AvgIpc) is 2.90. The molecule has 2 N–H and O–H groups in total. The van der Waals surface area contributed by atoms with E-state index in [2.05, 4.69) is 21.2 Å². The number of primary amides is 1. The minimum absolute atomic E-state index is 0.186. The molecule has 0 fully saturated rings. The first kappa shape index (κ1) is 15.4. The highest BCUT2D eigenvalue weighted by Crippen LogP contribution is 2.20. The number of nitrogens with two attached hydrogens (primary N) is 1. The number of carbonyl (C=O) groups is 1. The molecule has 118 valence electrons. The Balaban J connectivity index is 1.77. The van der Waals surface area contributed by atoms with Crippen molar-refractivity contribution in [3.8, 4) is 0 Å². The zero-order valence-electron chi connectivity index (χ0n) is 12.7. The summed E-state index contributed by atoms with van der Waals surface area (Å²) in [7, 11) is 1.98. The topological polar surface area (TPSA) is 86.7 Å². The van der Waals surface area contributed by atoms with E-state index >= 15 is 0 Å². The molecule has 0 aliphatic rings. The molecule has 0 radical (unpaired) electrons. The quantitative estimate of drug-likeness (QED) is 0.778. The average molecular weight is 330 g/mol. The summed E-state index contributed by atoms with van der Waals surface area (Å²) >= 11 is 5.86. The van der Waals surface area contributed by atoms with Crippen LogP contribution in [0.15, 0.2) is 30.6 Å². The second-order valence-corrected chi connectivity index (χ2v) is 5.79. The lowest BCUT2D eigenvalue weighted by molar-refractivity contribution is 0.0993. The monoisotopic (exact) mass is 329 g/mol. The fourth-order valence-electron chi connectivity index (χ4n) is 2.69. The molecule has 0 spiro atoms. The van der Waals surface area contributed by atoms with Gasteiger partial charge in [-0.05, 0) is 42.5 Å². The number of hydrogen-bond donors (Lipinski definition) is 1. The van der Waals surface area contributed by atoms with Crippen LogP contribution in [0.2, 0.25) is 5.15 Å². The lowest BCUT2D eigenvalue weighted by Crippen LogP contribution is -2.17. The van der Waals surface area contributed by atoms with E-state index in [0.29, 0.717) is 6.42 Å². The highest BCUT2D eigenvalue weighted by atomic mass is 35.5. The molecule has 2 aromatic heterocycles. The number of nitrogens with zero attached hydrogens (tertiary/aromatic N) is 4. The summed E-state index contributed by atoms with van der Waals surface area (Å²) in [6.07, 6.45) is 4.13. The molecule has 6 nitrogen and oxygen atoms in total. The van der Waals surface area contributed by atoms with E-state index in [-0.39, 0.29) is 10.8 Å². The van der Waals surface area contributed by atoms with Crippen LogP contribution in [0, 0.1) is 0 Å². The molecule has 1 aromatic carbocycles. The first-order valence-corrected chi connectivity index (χ1v) is 7.65. The summed E-state index contributed by atoms with van der Waals surface area (Å²) < 4.78 is 2.00. The second kappa shape index (κ2) is 6.34. The number of hydrogen-bond acceptors (Lipinski definition) is 4. The lowest BCUT2D eigenvalue weighted by Gasteiger charge is -2.06. The van der Waals surface area contributed by atoms with Gasteiger partial charge in [0.2, 0.25) is 0 Å². The SMILES string of the molecule is Cn1cnc2c(CCCc3cc(Cl)nnc3C(N)=O)cccc21. The van der Waals surface area contributed by atoms with Crippen LogP contribution in [0.4, 0.5) is 0 Å². The number of benzene rings is 1. The van der Waals surface area contributed by atoms with Gasteiger partial charge in [0.15, 0.2) is 10.8 Å². The molecule has 0 aliphatic carbocycles. The van der Waals surface area contributed by atoms with E-state index in [1.54, 1.807) is 6.07 Å². The molecule has 1 amide bonds. The highest BCUT2D eigenvalue weighted by Gasteiger charge is 2.12. The maximum Gasteiger partial charge on any atom is 0.269 e. The molecule has 7 heteroatoms. The highest BCUT2D eigenvalue weighted by molar-refractivity contribution is 6.29. The maximum absolute atomic E-state index is 11.4. The van der Waals surface area contributed by atoms with Gasteiger partial charge in [0.05, 0.1) is 17.4 Å². The van der Waals surface area contributed by atoms with E-state index in [9.17, 15) is 4.79 Å². The van der Waals surface area contributed by atoms with Crippen LogP contribution in [0.1, 0.15) is 28.0 Å². The number of aromatic nitrogens is 4. The van der Waals surface area contributed by atoms with Gasteiger partial charge in [0.1, 0.15) is 0 Å². The first-order valence-electron chi connectivity index (χ1n) is 7.27. The molecule has 0 unspecified atom stereocenters. The lowest BCUT2D eigenvalue weighted by atomic mass is 10.0. The van der Waals surface area contributed by atoms with Crippen LogP contribution >= 0.6 is 11.6 Å². The third-order valence-corrected chi connectivity index (χ3v) is 3.99. The molecular weight excluding hydrogens is 314 g/mol. The molecule has 0 bridgehead atoms. The van der Waals surface area contributed by atoms with Crippen molar-refractivity contribution in [2.75, 3.05) is 0 Å². The number of imidazole rings is 1. The number of amides is 1. The fourth-order valence-corrected chi connectivity index (χ4v) is 2.86. The Bertz CT molecular complexity index is 874. The molecule has 0 saturated carbocycles. The van der Waals surface area contributed by atoms with Crippen LogP contribution in [-0.4, -0.2) is 25.7 Å². The number of fused-ring (bicyclic) bond motifs is 1. The van der Waals surface area contributed by atoms with Crippen LogP contribution in [0.5, 0.6) is 0 Å². The molecule has 23 heavy (non-hydrogen) atoms. The largest absolute Gasteiger partial charge is 0.364 e. The third kappa shape index (κ3) is 3.17. The molecule has 0 saturated heterocycles. The molecular formula is C16H16ClN5O. The normalized spacial score (nSPS) is 11.0. The van der Waals surface area contributed by atoms with Crippen molar-refractivity contribution < 1.29 is 4.79 Å². The Hall–Kier alpha value is -2.47. The molecule has 0 aliphatic heterocycles. The van der Waals surface area contributed by atoms with Gasteiger partial charge in [0.25, 0.3) is 5.91 Å². The van der Waals surface area contributed by atoms with Gasteiger partial charge in [-0.3, -0.25) is 4.79 Å². The van der Waals surface area contributed by atoms with Crippen molar-refractivity contribution in [2.24, 2.45) is 12.8 Å². The van der Waals surface area contributed by atoms with Crippen LogP contribution in [0.3, 0.4) is 0 Å². The fraction of sp³-hybridized carbons (Fsp3) is 0.250. The summed E-state index contributed by atoms with van der Waals surface area (Å²) in [6.45, 7) is 0. The smallest absolute Gasteiger partial charge is 0.269 e. The van der Waals surface area contributed by atoms with Crippen LogP contribution in [0.25, 0.3) is 11.0 Å². The van der Waals surface area contributed by atoms with Crippen LogP contribution < -0.4 is 5.73 Å². The van der Waals surface area contributed by atoms with E-state index < -0.39 is 5.91 Å². The first-order chi connectivity index (χ1) is 11.1. The Morgan fingerprint density at radius 1 is 1.26 bits per heavy atom. The minimum Gasteiger partial charge on any atom is -0.364 e.